The van der Waals surface area contributed by atoms with Gasteiger partial charge in [0.25, 0.3) is 11.6 Å². The lowest BCUT2D eigenvalue weighted by Crippen LogP contribution is -2.15. The number of amides is 1. The van der Waals surface area contributed by atoms with Crippen molar-refractivity contribution in [1.29, 1.82) is 0 Å². The van der Waals surface area contributed by atoms with Crippen molar-refractivity contribution >= 4 is 33.2 Å². The van der Waals surface area contributed by atoms with Crippen LogP contribution in [0.15, 0.2) is 41.0 Å². The quantitative estimate of drug-likeness (QED) is 0.687. The van der Waals surface area contributed by atoms with E-state index in [1.165, 1.54) is 6.20 Å². The normalized spacial score (nSPS) is 10.1. The predicted octanol–water partition coefficient (Wildman–Crippen LogP) is 3.14. The zero-order chi connectivity index (χ0) is 14.7. The smallest absolute Gasteiger partial charge is 0.295 e. The first-order valence-electron chi connectivity index (χ1n) is 5.35. The van der Waals surface area contributed by atoms with Gasteiger partial charge in [-0.2, -0.15) is 0 Å². The van der Waals surface area contributed by atoms with E-state index in [2.05, 4.69) is 26.2 Å². The van der Waals surface area contributed by atoms with Crippen molar-refractivity contribution in [2.24, 2.45) is 0 Å². The van der Waals surface area contributed by atoms with E-state index < -0.39 is 22.3 Å². The second-order valence-corrected chi connectivity index (χ2v) is 4.56. The van der Waals surface area contributed by atoms with Gasteiger partial charge in [0.15, 0.2) is 0 Å². The lowest BCUT2D eigenvalue weighted by atomic mass is 10.2. The summed E-state index contributed by atoms with van der Waals surface area (Å²) in [6.45, 7) is 0. The van der Waals surface area contributed by atoms with Crippen LogP contribution in [-0.2, 0) is 0 Å². The van der Waals surface area contributed by atoms with E-state index in [0.717, 1.165) is 18.2 Å². The van der Waals surface area contributed by atoms with Crippen LogP contribution in [0.3, 0.4) is 0 Å². The molecule has 1 heterocycles. The highest BCUT2D eigenvalue weighted by atomic mass is 79.9. The van der Waals surface area contributed by atoms with Crippen LogP contribution >= 0.6 is 15.9 Å². The van der Waals surface area contributed by atoms with Gasteiger partial charge in [-0.05, 0) is 40.2 Å². The van der Waals surface area contributed by atoms with E-state index in [0.29, 0.717) is 4.47 Å². The first kappa shape index (κ1) is 14.1. The van der Waals surface area contributed by atoms with E-state index >= 15 is 0 Å². The molecular weight excluding hydrogens is 333 g/mol. The molecule has 0 aliphatic rings. The number of rotatable bonds is 3. The maximum Gasteiger partial charge on any atom is 0.295 e. The number of nitrogens with one attached hydrogen (secondary N) is 1. The van der Waals surface area contributed by atoms with Crippen molar-refractivity contribution in [1.82, 2.24) is 4.98 Å². The largest absolute Gasteiger partial charge is 0.315 e. The van der Waals surface area contributed by atoms with E-state index in [-0.39, 0.29) is 11.4 Å². The first-order valence-corrected chi connectivity index (χ1v) is 6.14. The Morgan fingerprint density at radius 1 is 1.40 bits per heavy atom. The summed E-state index contributed by atoms with van der Waals surface area (Å²) in [4.78, 5) is 25.9. The molecule has 0 atom stereocenters. The fourth-order valence-electron chi connectivity index (χ4n) is 1.50. The highest BCUT2D eigenvalue weighted by Gasteiger charge is 2.19. The molecule has 0 saturated heterocycles. The Morgan fingerprint density at radius 3 is 2.80 bits per heavy atom. The third-order valence-corrected chi connectivity index (χ3v) is 3.02. The fraction of sp³-hybridized carbons (Fsp3) is 0. The molecule has 0 spiro atoms. The number of carbonyl (C=O) groups is 1. The van der Waals surface area contributed by atoms with Crippen LogP contribution in [0.1, 0.15) is 10.5 Å². The zero-order valence-corrected chi connectivity index (χ0v) is 11.4. The summed E-state index contributed by atoms with van der Waals surface area (Å²) in [5.74, 6) is -1.39. The number of nitrogens with zero attached hydrogens (tertiary/aromatic N) is 2. The average Bonchev–Trinajstić information content (AvgIpc) is 2.41. The third-order valence-electron chi connectivity index (χ3n) is 2.38. The SMILES string of the molecule is O=C(Nc1ccc(F)cc1[N+](=O)[O-])c1ncccc1Br. The molecular formula is C12H7BrFN3O3. The molecule has 8 heteroatoms. The number of aromatic nitrogens is 1. The Labute approximate surface area is 120 Å². The second-order valence-electron chi connectivity index (χ2n) is 3.71. The summed E-state index contributed by atoms with van der Waals surface area (Å²) in [6.07, 6.45) is 1.42. The number of pyridine rings is 1. The fourth-order valence-corrected chi connectivity index (χ4v) is 1.93. The lowest BCUT2D eigenvalue weighted by molar-refractivity contribution is -0.384. The molecule has 0 aliphatic carbocycles. The van der Waals surface area contributed by atoms with Gasteiger partial charge in [0.05, 0.1) is 11.0 Å². The van der Waals surface area contributed by atoms with Gasteiger partial charge in [-0.25, -0.2) is 9.37 Å². The van der Waals surface area contributed by atoms with Crippen LogP contribution in [0.4, 0.5) is 15.8 Å². The molecule has 6 nitrogen and oxygen atoms in total. The molecule has 102 valence electrons. The summed E-state index contributed by atoms with van der Waals surface area (Å²) in [6, 6.07) is 6.13. The molecule has 0 aliphatic heterocycles. The molecule has 20 heavy (non-hydrogen) atoms. The van der Waals surface area contributed by atoms with Crippen molar-refractivity contribution in [3.05, 3.63) is 62.6 Å². The van der Waals surface area contributed by atoms with Crippen LogP contribution < -0.4 is 5.32 Å². The number of halogens is 2. The van der Waals surface area contributed by atoms with Crippen molar-refractivity contribution in [3.8, 4) is 0 Å². The standard InChI is InChI=1S/C12H7BrFN3O3/c13-8-2-1-5-15-11(8)12(18)16-9-4-3-7(14)6-10(9)17(19)20/h1-6H,(H,16,18). The average molecular weight is 340 g/mol. The van der Waals surface area contributed by atoms with Crippen LogP contribution in [0.25, 0.3) is 0 Å². The van der Waals surface area contributed by atoms with Gasteiger partial charge < -0.3 is 5.32 Å². The molecule has 0 bridgehead atoms. The van der Waals surface area contributed by atoms with Crippen LogP contribution in [0.5, 0.6) is 0 Å². The van der Waals surface area contributed by atoms with E-state index in [9.17, 15) is 19.3 Å². The minimum Gasteiger partial charge on any atom is -0.315 e. The Kier molecular flexibility index (Phi) is 4.04. The highest BCUT2D eigenvalue weighted by Crippen LogP contribution is 2.26. The number of hydrogen-bond acceptors (Lipinski definition) is 4. The summed E-state index contributed by atoms with van der Waals surface area (Å²) in [7, 11) is 0. The number of nitro groups is 1. The van der Waals surface area contributed by atoms with E-state index in [1.807, 2.05) is 0 Å². The number of benzene rings is 1. The summed E-state index contributed by atoms with van der Waals surface area (Å²) < 4.78 is 13.4. The second kappa shape index (κ2) is 5.74. The van der Waals surface area contributed by atoms with Gasteiger partial charge in [0.1, 0.15) is 17.2 Å². The predicted molar refractivity (Wildman–Crippen MR) is 72.9 cm³/mol. The maximum absolute atomic E-state index is 13.0. The van der Waals surface area contributed by atoms with Gasteiger partial charge in [-0.3, -0.25) is 14.9 Å². The zero-order valence-electron chi connectivity index (χ0n) is 9.84. The summed E-state index contributed by atoms with van der Waals surface area (Å²) in [5.41, 5.74) is -0.546. The minimum atomic E-state index is -0.772. The Balaban J connectivity index is 2.33. The van der Waals surface area contributed by atoms with E-state index in [1.54, 1.807) is 12.1 Å². The van der Waals surface area contributed by atoms with Gasteiger partial charge in [-0.1, -0.05) is 0 Å². The summed E-state index contributed by atoms with van der Waals surface area (Å²) >= 11 is 3.15. The molecule has 0 radical (unpaired) electrons. The van der Waals surface area contributed by atoms with E-state index in [4.69, 9.17) is 0 Å². The number of hydrogen-bond donors (Lipinski definition) is 1. The van der Waals surface area contributed by atoms with Gasteiger partial charge in [0.2, 0.25) is 0 Å². The number of anilines is 1. The molecule has 1 amide bonds. The van der Waals surface area contributed by atoms with Crippen molar-refractivity contribution in [3.63, 3.8) is 0 Å². The third kappa shape index (κ3) is 2.97. The van der Waals surface area contributed by atoms with Gasteiger partial charge in [-0.15, -0.1) is 0 Å². The molecule has 1 aromatic carbocycles. The van der Waals surface area contributed by atoms with Crippen molar-refractivity contribution in [2.75, 3.05) is 5.32 Å². The van der Waals surface area contributed by atoms with Crippen LogP contribution in [0, 0.1) is 15.9 Å². The molecule has 0 unspecified atom stereocenters. The molecule has 0 fully saturated rings. The molecule has 2 rings (SSSR count). The van der Waals surface area contributed by atoms with Gasteiger partial charge >= 0.3 is 0 Å². The maximum atomic E-state index is 13.0. The van der Waals surface area contributed by atoms with Crippen LogP contribution in [-0.4, -0.2) is 15.8 Å². The molecule has 2 aromatic rings. The van der Waals surface area contributed by atoms with Crippen molar-refractivity contribution in [2.45, 2.75) is 0 Å². The molecule has 1 N–H and O–H groups in total. The molecule has 1 aromatic heterocycles. The molecule has 0 saturated carbocycles. The Bertz CT molecular complexity index is 693. The summed E-state index contributed by atoms with van der Waals surface area (Å²) in [5, 5.41) is 13.2. The van der Waals surface area contributed by atoms with Crippen molar-refractivity contribution < 1.29 is 14.1 Å². The van der Waals surface area contributed by atoms with Gasteiger partial charge in [0, 0.05) is 10.7 Å². The first-order chi connectivity index (χ1) is 9.49. The highest BCUT2D eigenvalue weighted by molar-refractivity contribution is 9.10. The van der Waals surface area contributed by atoms with Crippen LogP contribution in [0.2, 0.25) is 0 Å². The minimum absolute atomic E-state index is 0.0751. The Morgan fingerprint density at radius 2 is 2.15 bits per heavy atom. The monoisotopic (exact) mass is 339 g/mol. The lowest BCUT2D eigenvalue weighted by Gasteiger charge is -2.06. The number of nitro benzene ring substituents is 1. The Hall–Kier alpha value is -2.35. The topological polar surface area (TPSA) is 85.1 Å². The number of carbonyl (C=O) groups excluding carboxylic acids is 1.